The third kappa shape index (κ3) is 4.27. The van der Waals surface area contributed by atoms with E-state index in [0.29, 0.717) is 18.5 Å². The van der Waals surface area contributed by atoms with Crippen molar-refractivity contribution in [2.75, 3.05) is 39.3 Å². The van der Waals surface area contributed by atoms with Crippen molar-refractivity contribution in [2.45, 2.75) is 18.5 Å². The van der Waals surface area contributed by atoms with E-state index in [1.165, 1.54) is 12.1 Å². The van der Waals surface area contributed by atoms with Crippen molar-refractivity contribution in [1.82, 2.24) is 15.5 Å². The lowest BCUT2D eigenvalue weighted by Gasteiger charge is -2.27. The molecule has 4 nitrogen and oxygen atoms in total. The molecule has 1 aliphatic heterocycles. The Bertz CT molecular complexity index is 585. The minimum atomic E-state index is -4.34. The van der Waals surface area contributed by atoms with E-state index in [9.17, 15) is 18.0 Å². The summed E-state index contributed by atoms with van der Waals surface area (Å²) in [5, 5.41) is 6.19. The number of nitrogens with one attached hydrogen (secondary N) is 2. The number of piperazine rings is 1. The molecule has 7 heteroatoms. The summed E-state index contributed by atoms with van der Waals surface area (Å²) >= 11 is 0. The fourth-order valence-electron chi connectivity index (χ4n) is 3.20. The maximum Gasteiger partial charge on any atom is 0.416 e. The second-order valence-corrected chi connectivity index (χ2v) is 6.45. The lowest BCUT2D eigenvalue weighted by atomic mass is 10.1. The molecule has 1 aliphatic carbocycles. The summed E-state index contributed by atoms with van der Waals surface area (Å²) in [4.78, 5) is 14.4. The summed E-state index contributed by atoms with van der Waals surface area (Å²) in [7, 11) is 0. The molecule has 1 saturated carbocycles. The lowest BCUT2D eigenvalue weighted by molar-refractivity contribution is -0.137. The van der Waals surface area contributed by atoms with Crippen molar-refractivity contribution in [3.63, 3.8) is 0 Å². The van der Waals surface area contributed by atoms with Gasteiger partial charge in [-0.25, -0.2) is 0 Å². The van der Waals surface area contributed by atoms with Crippen LogP contribution in [0, 0.1) is 5.92 Å². The SMILES string of the molecule is O=C(NCCN1CCNCC1)C1CC1c1cccc(C(F)(F)F)c1. The zero-order chi connectivity index (χ0) is 17.2. The quantitative estimate of drug-likeness (QED) is 0.859. The number of alkyl halides is 3. The van der Waals surface area contributed by atoms with Gasteiger partial charge in [-0.15, -0.1) is 0 Å². The Kier molecular flexibility index (Phi) is 5.10. The average molecular weight is 341 g/mol. The van der Waals surface area contributed by atoms with Gasteiger partial charge in [0.25, 0.3) is 0 Å². The predicted molar refractivity (Wildman–Crippen MR) is 84.6 cm³/mol. The smallest absolute Gasteiger partial charge is 0.355 e. The van der Waals surface area contributed by atoms with E-state index in [1.807, 2.05) is 0 Å². The fraction of sp³-hybridized carbons (Fsp3) is 0.588. The van der Waals surface area contributed by atoms with Crippen LogP contribution in [0.2, 0.25) is 0 Å². The molecule has 2 atom stereocenters. The zero-order valence-corrected chi connectivity index (χ0v) is 13.4. The van der Waals surface area contributed by atoms with E-state index < -0.39 is 11.7 Å². The molecule has 0 spiro atoms. The maximum atomic E-state index is 12.8. The minimum absolute atomic E-state index is 0.0486. The number of carbonyl (C=O) groups excluding carboxylic acids is 1. The summed E-state index contributed by atoms with van der Waals surface area (Å²) in [5.74, 6) is -0.337. The molecule has 2 fully saturated rings. The van der Waals surface area contributed by atoms with Crippen LogP contribution in [-0.2, 0) is 11.0 Å². The van der Waals surface area contributed by atoms with Crippen molar-refractivity contribution in [2.24, 2.45) is 5.92 Å². The number of halogens is 3. The lowest BCUT2D eigenvalue weighted by Crippen LogP contribution is -2.46. The van der Waals surface area contributed by atoms with Crippen LogP contribution in [0.25, 0.3) is 0 Å². The third-order valence-electron chi connectivity index (χ3n) is 4.71. The van der Waals surface area contributed by atoms with E-state index in [4.69, 9.17) is 0 Å². The summed E-state index contributed by atoms with van der Waals surface area (Å²) in [5.41, 5.74) is -0.0446. The molecule has 1 amide bonds. The van der Waals surface area contributed by atoms with Gasteiger partial charge in [0.1, 0.15) is 0 Å². The Morgan fingerprint density at radius 1 is 1.29 bits per heavy atom. The molecule has 1 aromatic rings. The van der Waals surface area contributed by atoms with Crippen molar-refractivity contribution in [1.29, 1.82) is 0 Å². The van der Waals surface area contributed by atoms with E-state index in [-0.39, 0.29) is 17.7 Å². The van der Waals surface area contributed by atoms with Gasteiger partial charge in [0.2, 0.25) is 5.91 Å². The number of amides is 1. The Labute approximate surface area is 139 Å². The summed E-state index contributed by atoms with van der Waals surface area (Å²) < 4.78 is 38.3. The second kappa shape index (κ2) is 7.11. The molecule has 24 heavy (non-hydrogen) atoms. The van der Waals surface area contributed by atoms with Crippen molar-refractivity contribution in [3.05, 3.63) is 35.4 Å². The molecule has 1 saturated heterocycles. The average Bonchev–Trinajstić information content (AvgIpc) is 3.36. The van der Waals surface area contributed by atoms with Crippen LogP contribution in [-0.4, -0.2) is 50.1 Å². The van der Waals surface area contributed by atoms with Crippen LogP contribution in [0.3, 0.4) is 0 Å². The molecule has 3 rings (SSSR count). The van der Waals surface area contributed by atoms with E-state index in [1.54, 1.807) is 6.07 Å². The predicted octanol–water partition coefficient (Wildman–Crippen LogP) is 1.83. The van der Waals surface area contributed by atoms with Crippen molar-refractivity contribution >= 4 is 5.91 Å². The summed E-state index contributed by atoms with van der Waals surface area (Å²) in [6, 6.07) is 5.32. The van der Waals surface area contributed by atoms with Gasteiger partial charge in [0.15, 0.2) is 0 Å². The van der Waals surface area contributed by atoms with E-state index in [2.05, 4.69) is 15.5 Å². The molecule has 2 unspecified atom stereocenters. The van der Waals surface area contributed by atoms with Gasteiger partial charge < -0.3 is 10.6 Å². The fourth-order valence-corrected chi connectivity index (χ4v) is 3.20. The van der Waals surface area contributed by atoms with Gasteiger partial charge in [-0.1, -0.05) is 18.2 Å². The monoisotopic (exact) mass is 341 g/mol. The Balaban J connectivity index is 1.47. The first-order chi connectivity index (χ1) is 11.4. The standard InChI is InChI=1S/C17H22F3N3O/c18-17(19,20)13-3-1-2-12(10-13)14-11-15(14)16(24)22-6-9-23-7-4-21-5-8-23/h1-3,10,14-15,21H,4-9,11H2,(H,22,24). The third-order valence-corrected chi connectivity index (χ3v) is 4.71. The van der Waals surface area contributed by atoms with Crippen LogP contribution in [0.1, 0.15) is 23.5 Å². The highest BCUT2D eigenvalue weighted by atomic mass is 19.4. The van der Waals surface area contributed by atoms with Gasteiger partial charge in [-0.3, -0.25) is 9.69 Å². The summed E-state index contributed by atoms with van der Waals surface area (Å²) in [6.45, 7) is 5.29. The zero-order valence-electron chi connectivity index (χ0n) is 13.4. The summed E-state index contributed by atoms with van der Waals surface area (Å²) in [6.07, 6.45) is -3.72. The number of hydrogen-bond acceptors (Lipinski definition) is 3. The van der Waals surface area contributed by atoms with Crippen LogP contribution in [0.15, 0.2) is 24.3 Å². The first-order valence-electron chi connectivity index (χ1n) is 8.33. The second-order valence-electron chi connectivity index (χ2n) is 6.45. The van der Waals surface area contributed by atoms with Gasteiger partial charge in [0, 0.05) is 45.2 Å². The highest BCUT2D eigenvalue weighted by Crippen LogP contribution is 2.48. The Hall–Kier alpha value is -1.60. The maximum absolute atomic E-state index is 12.8. The van der Waals surface area contributed by atoms with Crippen LogP contribution in [0.5, 0.6) is 0 Å². The highest BCUT2D eigenvalue weighted by molar-refractivity contribution is 5.82. The number of rotatable bonds is 5. The molecule has 132 valence electrons. The number of nitrogens with zero attached hydrogens (tertiary/aromatic N) is 1. The first kappa shape index (κ1) is 17.2. The molecular weight excluding hydrogens is 319 g/mol. The van der Waals surface area contributed by atoms with E-state index in [0.717, 1.165) is 38.8 Å². The van der Waals surface area contributed by atoms with Gasteiger partial charge >= 0.3 is 6.18 Å². The first-order valence-corrected chi connectivity index (χ1v) is 8.33. The van der Waals surface area contributed by atoms with Gasteiger partial charge in [0.05, 0.1) is 5.56 Å². The largest absolute Gasteiger partial charge is 0.416 e. The number of benzene rings is 1. The molecule has 0 bridgehead atoms. The van der Waals surface area contributed by atoms with Gasteiger partial charge in [-0.2, -0.15) is 13.2 Å². The molecule has 0 radical (unpaired) electrons. The van der Waals surface area contributed by atoms with Crippen molar-refractivity contribution < 1.29 is 18.0 Å². The van der Waals surface area contributed by atoms with Crippen molar-refractivity contribution in [3.8, 4) is 0 Å². The highest BCUT2D eigenvalue weighted by Gasteiger charge is 2.44. The Morgan fingerprint density at radius 3 is 2.75 bits per heavy atom. The molecule has 2 N–H and O–H groups in total. The molecule has 0 aromatic heterocycles. The topological polar surface area (TPSA) is 44.4 Å². The Morgan fingerprint density at radius 2 is 2.04 bits per heavy atom. The minimum Gasteiger partial charge on any atom is -0.355 e. The molecular formula is C17H22F3N3O. The van der Waals surface area contributed by atoms with Crippen LogP contribution < -0.4 is 10.6 Å². The van der Waals surface area contributed by atoms with Crippen LogP contribution >= 0.6 is 0 Å². The normalized spacial score (nSPS) is 24.6. The molecule has 1 heterocycles. The molecule has 2 aliphatic rings. The molecule has 1 aromatic carbocycles. The number of hydrogen-bond donors (Lipinski definition) is 2. The van der Waals surface area contributed by atoms with Gasteiger partial charge in [-0.05, 0) is 24.0 Å². The number of carbonyl (C=O) groups is 1. The van der Waals surface area contributed by atoms with Crippen LogP contribution in [0.4, 0.5) is 13.2 Å². The van der Waals surface area contributed by atoms with E-state index >= 15 is 0 Å².